The molecule has 0 amide bonds. The largest absolute Gasteiger partial charge is 0.151 e. The fourth-order valence-electron chi connectivity index (χ4n) is 1.42. The van der Waals surface area contributed by atoms with Gasteiger partial charge in [-0.15, -0.1) is 23.5 Å². The second-order valence-corrected chi connectivity index (χ2v) is 4.66. The van der Waals surface area contributed by atoms with Crippen molar-refractivity contribution in [2.75, 3.05) is 5.75 Å². The highest BCUT2D eigenvalue weighted by Gasteiger charge is 1.99. The molecule has 0 bridgehead atoms. The molecular formula is C15H14N2S. The van der Waals surface area contributed by atoms with Crippen LogP contribution in [0.3, 0.4) is 0 Å². The molecule has 90 valence electrons. The van der Waals surface area contributed by atoms with E-state index in [1.807, 2.05) is 60.7 Å². The molecule has 0 spiro atoms. The maximum Gasteiger partial charge on any atom is 0.0992 e. The molecule has 3 heteroatoms. The van der Waals surface area contributed by atoms with Crippen LogP contribution < -0.4 is 0 Å². The summed E-state index contributed by atoms with van der Waals surface area (Å²) in [5, 5.41) is 8.53. The van der Waals surface area contributed by atoms with Crippen LogP contribution in [0.5, 0.6) is 0 Å². The zero-order chi connectivity index (χ0) is 12.6. The quantitative estimate of drug-likeness (QED) is 0.399. The molecule has 0 aromatic heterocycles. The third-order valence-corrected chi connectivity index (χ3v) is 3.31. The van der Waals surface area contributed by atoms with Gasteiger partial charge in [-0.3, -0.25) is 0 Å². The van der Waals surface area contributed by atoms with Gasteiger partial charge < -0.3 is 0 Å². The van der Waals surface area contributed by atoms with Gasteiger partial charge in [0.15, 0.2) is 0 Å². The molecule has 0 aliphatic rings. The van der Waals surface area contributed by atoms with E-state index in [0.717, 1.165) is 22.0 Å². The third kappa shape index (κ3) is 3.57. The number of benzene rings is 2. The Bertz CT molecular complexity index is 535. The summed E-state index contributed by atoms with van der Waals surface area (Å²) in [6.45, 7) is 3.72. The molecule has 18 heavy (non-hydrogen) atoms. The van der Waals surface area contributed by atoms with Crippen LogP contribution in [0.2, 0.25) is 0 Å². The summed E-state index contributed by atoms with van der Waals surface area (Å²) in [6.07, 6.45) is 1.88. The number of nitrogens with zero attached hydrogens (tertiary/aromatic N) is 2. The highest BCUT2D eigenvalue weighted by Crippen LogP contribution is 2.30. The van der Waals surface area contributed by atoms with Crippen molar-refractivity contribution >= 4 is 23.1 Å². The minimum atomic E-state index is 0.862. The molecule has 0 aliphatic carbocycles. The Kier molecular flexibility index (Phi) is 4.73. The van der Waals surface area contributed by atoms with Crippen molar-refractivity contribution in [2.24, 2.45) is 10.2 Å². The van der Waals surface area contributed by atoms with Crippen molar-refractivity contribution < 1.29 is 0 Å². The molecule has 0 atom stereocenters. The van der Waals surface area contributed by atoms with Crippen molar-refractivity contribution in [3.8, 4) is 0 Å². The van der Waals surface area contributed by atoms with E-state index < -0.39 is 0 Å². The summed E-state index contributed by atoms with van der Waals surface area (Å²) in [5.41, 5.74) is 1.76. The molecule has 0 saturated carbocycles. The molecule has 2 aromatic rings. The van der Waals surface area contributed by atoms with Crippen LogP contribution >= 0.6 is 11.8 Å². The summed E-state index contributed by atoms with van der Waals surface area (Å²) >= 11 is 1.71. The number of azo groups is 1. The van der Waals surface area contributed by atoms with Crippen LogP contribution in [0.15, 0.2) is 82.4 Å². The van der Waals surface area contributed by atoms with E-state index in [0.29, 0.717) is 0 Å². The summed E-state index contributed by atoms with van der Waals surface area (Å²) in [4.78, 5) is 1.12. The standard InChI is InChI=1S/C15H14N2S/c1-2-12-18-15-11-7-6-10-14(15)17-16-13-8-4-3-5-9-13/h2-11H,1,12H2. The predicted molar refractivity (Wildman–Crippen MR) is 78.0 cm³/mol. The molecule has 2 nitrogen and oxygen atoms in total. The average molecular weight is 254 g/mol. The first-order valence-corrected chi connectivity index (χ1v) is 6.68. The Labute approximate surface area is 111 Å². The van der Waals surface area contributed by atoms with Crippen LogP contribution in [0.1, 0.15) is 0 Å². The Hall–Kier alpha value is -1.87. The van der Waals surface area contributed by atoms with Crippen molar-refractivity contribution in [3.63, 3.8) is 0 Å². The molecular weight excluding hydrogens is 240 g/mol. The van der Waals surface area contributed by atoms with Gasteiger partial charge in [0.25, 0.3) is 0 Å². The number of rotatable bonds is 5. The first-order valence-electron chi connectivity index (χ1n) is 5.69. The van der Waals surface area contributed by atoms with E-state index >= 15 is 0 Å². The van der Waals surface area contributed by atoms with Gasteiger partial charge in [0.05, 0.1) is 11.4 Å². The summed E-state index contributed by atoms with van der Waals surface area (Å²) in [6, 6.07) is 17.7. The van der Waals surface area contributed by atoms with E-state index in [1.54, 1.807) is 11.8 Å². The molecule has 0 fully saturated rings. The smallest absolute Gasteiger partial charge is 0.0992 e. The third-order valence-electron chi connectivity index (χ3n) is 2.25. The lowest BCUT2D eigenvalue weighted by atomic mass is 10.3. The number of hydrogen-bond donors (Lipinski definition) is 0. The van der Waals surface area contributed by atoms with Crippen molar-refractivity contribution in [2.45, 2.75) is 4.90 Å². The Morgan fingerprint density at radius 1 is 0.944 bits per heavy atom. The van der Waals surface area contributed by atoms with Crippen molar-refractivity contribution in [1.29, 1.82) is 0 Å². The van der Waals surface area contributed by atoms with Crippen LogP contribution in [0.25, 0.3) is 0 Å². The van der Waals surface area contributed by atoms with Gasteiger partial charge in [-0.1, -0.05) is 36.4 Å². The minimum Gasteiger partial charge on any atom is -0.151 e. The van der Waals surface area contributed by atoms with Crippen molar-refractivity contribution in [3.05, 3.63) is 67.3 Å². The average Bonchev–Trinajstić information content (AvgIpc) is 2.45. The fourth-order valence-corrected chi connectivity index (χ4v) is 2.15. The minimum absolute atomic E-state index is 0.862. The first-order chi connectivity index (χ1) is 8.90. The van der Waals surface area contributed by atoms with Crippen LogP contribution in [-0.4, -0.2) is 5.75 Å². The molecule has 0 saturated heterocycles. The highest BCUT2D eigenvalue weighted by atomic mass is 32.2. The molecule has 2 aromatic carbocycles. The first kappa shape index (κ1) is 12.6. The van der Waals surface area contributed by atoms with Gasteiger partial charge in [0.1, 0.15) is 0 Å². The monoisotopic (exact) mass is 254 g/mol. The maximum absolute atomic E-state index is 4.30. The van der Waals surface area contributed by atoms with E-state index in [-0.39, 0.29) is 0 Å². The lowest BCUT2D eigenvalue weighted by Gasteiger charge is -2.01. The molecule has 0 unspecified atom stereocenters. The fraction of sp³-hybridized carbons (Fsp3) is 0.0667. The lowest BCUT2D eigenvalue weighted by molar-refractivity contribution is 1.19. The Balaban J connectivity index is 2.18. The Morgan fingerprint density at radius 3 is 2.44 bits per heavy atom. The molecule has 0 heterocycles. The zero-order valence-electron chi connectivity index (χ0n) is 9.99. The molecule has 2 rings (SSSR count). The van der Waals surface area contributed by atoms with E-state index in [1.165, 1.54) is 0 Å². The van der Waals surface area contributed by atoms with Gasteiger partial charge in [-0.05, 0) is 24.3 Å². The van der Waals surface area contributed by atoms with Crippen LogP contribution in [0, 0.1) is 0 Å². The molecule has 0 radical (unpaired) electrons. The molecule has 0 N–H and O–H groups in total. The lowest BCUT2D eigenvalue weighted by Crippen LogP contribution is -1.74. The van der Waals surface area contributed by atoms with Crippen LogP contribution in [-0.2, 0) is 0 Å². The molecule has 0 aliphatic heterocycles. The topological polar surface area (TPSA) is 24.7 Å². The van der Waals surface area contributed by atoms with Gasteiger partial charge >= 0.3 is 0 Å². The van der Waals surface area contributed by atoms with E-state index in [4.69, 9.17) is 0 Å². The normalized spacial score (nSPS) is 10.7. The van der Waals surface area contributed by atoms with Gasteiger partial charge in [-0.25, -0.2) is 0 Å². The second-order valence-electron chi connectivity index (χ2n) is 3.60. The highest BCUT2D eigenvalue weighted by molar-refractivity contribution is 7.99. The van der Waals surface area contributed by atoms with Gasteiger partial charge in [0, 0.05) is 10.6 Å². The van der Waals surface area contributed by atoms with E-state index in [9.17, 15) is 0 Å². The predicted octanol–water partition coefficient (Wildman–Crippen LogP) is 5.38. The van der Waals surface area contributed by atoms with Gasteiger partial charge in [0.2, 0.25) is 0 Å². The Morgan fingerprint density at radius 2 is 1.67 bits per heavy atom. The number of hydrogen-bond acceptors (Lipinski definition) is 3. The number of thioether (sulfide) groups is 1. The summed E-state index contributed by atoms with van der Waals surface area (Å²) in [5.74, 6) is 0.873. The van der Waals surface area contributed by atoms with Gasteiger partial charge in [-0.2, -0.15) is 5.11 Å². The zero-order valence-corrected chi connectivity index (χ0v) is 10.8. The SMILES string of the molecule is C=CCSc1ccccc1N=Nc1ccccc1. The summed E-state index contributed by atoms with van der Waals surface area (Å²) < 4.78 is 0. The van der Waals surface area contributed by atoms with Crippen molar-refractivity contribution in [1.82, 2.24) is 0 Å². The maximum atomic E-state index is 4.30. The second kappa shape index (κ2) is 6.77. The summed E-state index contributed by atoms with van der Waals surface area (Å²) in [7, 11) is 0. The van der Waals surface area contributed by atoms with Crippen LogP contribution in [0.4, 0.5) is 11.4 Å². The van der Waals surface area contributed by atoms with E-state index in [2.05, 4.69) is 16.8 Å².